The lowest BCUT2D eigenvalue weighted by atomic mass is 9.95. The van der Waals surface area contributed by atoms with Crippen molar-refractivity contribution in [2.24, 2.45) is 0 Å². The van der Waals surface area contributed by atoms with Gasteiger partial charge in [0.25, 0.3) is 5.78 Å². The van der Waals surface area contributed by atoms with Gasteiger partial charge in [0, 0.05) is 11.3 Å². The SMILES string of the molecule is CCCOc1ccc(C2C(=C(O)c3ccc(C)cc3)C(=O)C(=O)N2c2nnc(SCc3ccccc3F)s2)cc1OCC. The van der Waals surface area contributed by atoms with Gasteiger partial charge in [-0.2, -0.15) is 0 Å². The smallest absolute Gasteiger partial charge is 0.301 e. The topological polar surface area (TPSA) is 102 Å². The molecule has 3 aromatic carbocycles. The van der Waals surface area contributed by atoms with E-state index in [1.54, 1.807) is 48.5 Å². The minimum atomic E-state index is -1.02. The van der Waals surface area contributed by atoms with Crippen molar-refractivity contribution < 1.29 is 28.6 Å². The number of halogens is 1. The number of hydrogen-bond donors (Lipinski definition) is 1. The van der Waals surface area contributed by atoms with Gasteiger partial charge in [-0.05, 0) is 49.6 Å². The Kier molecular flexibility index (Phi) is 9.42. The van der Waals surface area contributed by atoms with Crippen molar-refractivity contribution in [1.82, 2.24) is 10.2 Å². The minimum absolute atomic E-state index is 0.0747. The quantitative estimate of drug-likeness (QED) is 0.0624. The average Bonchev–Trinajstić information content (AvgIpc) is 3.58. The van der Waals surface area contributed by atoms with Gasteiger partial charge in [-0.25, -0.2) is 4.39 Å². The number of anilines is 1. The van der Waals surface area contributed by atoms with Crippen molar-refractivity contribution in [3.05, 3.63) is 100 Å². The summed E-state index contributed by atoms with van der Waals surface area (Å²) in [5.41, 5.74) is 2.34. The fraction of sp³-hybridized carbons (Fsp3) is 0.250. The first-order valence-electron chi connectivity index (χ1n) is 13.8. The number of amides is 1. The highest BCUT2D eigenvalue weighted by Crippen LogP contribution is 2.45. The Balaban J connectivity index is 1.58. The predicted molar refractivity (Wildman–Crippen MR) is 165 cm³/mol. The van der Waals surface area contributed by atoms with Crippen molar-refractivity contribution in [3.8, 4) is 11.5 Å². The van der Waals surface area contributed by atoms with Crippen LogP contribution in [0.3, 0.4) is 0 Å². The summed E-state index contributed by atoms with van der Waals surface area (Å²) in [6.07, 6.45) is 0.804. The number of nitrogens with zero attached hydrogens (tertiary/aromatic N) is 3. The Morgan fingerprint density at radius 1 is 1.02 bits per heavy atom. The van der Waals surface area contributed by atoms with E-state index in [-0.39, 0.29) is 22.3 Å². The van der Waals surface area contributed by atoms with E-state index < -0.39 is 17.7 Å². The van der Waals surface area contributed by atoms with Gasteiger partial charge in [-0.1, -0.05) is 84.1 Å². The summed E-state index contributed by atoms with van der Waals surface area (Å²) < 4.78 is 26.4. The highest BCUT2D eigenvalue weighted by atomic mass is 32.2. The highest BCUT2D eigenvalue weighted by Gasteiger charge is 2.48. The molecule has 2 heterocycles. The summed E-state index contributed by atoms with van der Waals surface area (Å²) in [5.74, 6) is -1.01. The van der Waals surface area contributed by atoms with E-state index in [0.29, 0.717) is 51.5 Å². The summed E-state index contributed by atoms with van der Waals surface area (Å²) in [6, 6.07) is 17.7. The number of carbonyl (C=O) groups excluding carboxylic acids is 2. The van der Waals surface area contributed by atoms with Crippen molar-refractivity contribution in [2.45, 2.75) is 43.3 Å². The zero-order chi connectivity index (χ0) is 30.5. The molecule has 222 valence electrons. The molecular formula is C32H30FN3O5S2. The molecule has 11 heteroatoms. The first-order chi connectivity index (χ1) is 20.8. The number of aliphatic hydroxyl groups is 1. The number of rotatable bonds is 11. The molecule has 1 aliphatic heterocycles. The number of aryl methyl sites for hydroxylation is 1. The molecule has 0 aliphatic carbocycles. The lowest BCUT2D eigenvalue weighted by molar-refractivity contribution is -0.132. The van der Waals surface area contributed by atoms with Crippen molar-refractivity contribution in [2.75, 3.05) is 18.1 Å². The van der Waals surface area contributed by atoms with Gasteiger partial charge in [0.05, 0.1) is 24.8 Å². The second kappa shape index (κ2) is 13.4. The second-order valence-electron chi connectivity index (χ2n) is 9.75. The Hall–Kier alpha value is -4.22. The molecule has 8 nitrogen and oxygen atoms in total. The van der Waals surface area contributed by atoms with Gasteiger partial charge in [0.1, 0.15) is 11.6 Å². The van der Waals surface area contributed by atoms with Crippen LogP contribution >= 0.6 is 23.1 Å². The monoisotopic (exact) mass is 619 g/mol. The molecule has 1 saturated heterocycles. The van der Waals surface area contributed by atoms with Crippen LogP contribution in [0.5, 0.6) is 11.5 Å². The molecule has 0 bridgehead atoms. The number of aliphatic hydroxyl groups excluding tert-OH is 1. The molecule has 0 radical (unpaired) electrons. The maximum atomic E-state index is 14.2. The minimum Gasteiger partial charge on any atom is -0.507 e. The van der Waals surface area contributed by atoms with Crippen molar-refractivity contribution in [3.63, 3.8) is 0 Å². The summed E-state index contributed by atoms with van der Waals surface area (Å²) in [7, 11) is 0. The second-order valence-corrected chi connectivity index (χ2v) is 11.9. The number of Topliss-reactive ketones (excluding diaryl/α,β-unsaturated/α-hetero) is 1. The third kappa shape index (κ3) is 6.42. The number of benzene rings is 3. The number of ether oxygens (including phenoxy) is 2. The molecule has 1 atom stereocenters. The molecule has 4 aromatic rings. The van der Waals surface area contributed by atoms with Crippen LogP contribution in [-0.2, 0) is 15.3 Å². The fourth-order valence-corrected chi connectivity index (χ4v) is 6.47. The lowest BCUT2D eigenvalue weighted by Gasteiger charge is -2.23. The van der Waals surface area contributed by atoms with E-state index in [1.165, 1.54) is 22.7 Å². The number of hydrogen-bond acceptors (Lipinski definition) is 9. The van der Waals surface area contributed by atoms with Gasteiger partial charge >= 0.3 is 5.91 Å². The Morgan fingerprint density at radius 3 is 2.51 bits per heavy atom. The van der Waals surface area contributed by atoms with Crippen LogP contribution in [0.15, 0.2) is 76.6 Å². The van der Waals surface area contributed by atoms with E-state index in [2.05, 4.69) is 10.2 Å². The molecule has 0 saturated carbocycles. The van der Waals surface area contributed by atoms with Crippen LogP contribution in [0, 0.1) is 12.7 Å². The fourth-order valence-electron chi connectivity index (χ4n) is 4.62. The van der Waals surface area contributed by atoms with Crippen molar-refractivity contribution >= 4 is 45.7 Å². The summed E-state index contributed by atoms with van der Waals surface area (Å²) >= 11 is 2.39. The third-order valence-corrected chi connectivity index (χ3v) is 8.83. The average molecular weight is 620 g/mol. The standard InChI is InChI=1S/C32H30FN3O5S2/c1-4-16-41-24-15-14-21(17-25(24)40-5-2)27-26(28(37)20-12-10-19(3)11-13-20)29(38)30(39)36(27)31-34-35-32(43-31)42-18-22-8-6-7-9-23(22)33/h6-15,17,27,37H,4-5,16,18H2,1-3H3. The van der Waals surface area contributed by atoms with Gasteiger partial charge in [0.2, 0.25) is 5.13 Å². The first kappa shape index (κ1) is 30.2. The van der Waals surface area contributed by atoms with Gasteiger partial charge in [0.15, 0.2) is 15.8 Å². The number of thioether (sulfide) groups is 1. The van der Waals surface area contributed by atoms with E-state index in [4.69, 9.17) is 9.47 Å². The first-order valence-corrected chi connectivity index (χ1v) is 15.6. The van der Waals surface area contributed by atoms with Crippen molar-refractivity contribution in [1.29, 1.82) is 0 Å². The number of carbonyl (C=O) groups is 2. The van der Waals surface area contributed by atoms with Crippen LogP contribution in [0.4, 0.5) is 9.52 Å². The zero-order valence-corrected chi connectivity index (χ0v) is 25.5. The van der Waals surface area contributed by atoms with E-state index in [0.717, 1.165) is 23.3 Å². The van der Waals surface area contributed by atoms with Gasteiger partial charge in [-0.3, -0.25) is 14.5 Å². The largest absolute Gasteiger partial charge is 0.507 e. The van der Waals surface area contributed by atoms with Gasteiger partial charge in [-0.15, -0.1) is 10.2 Å². The Bertz CT molecular complexity index is 1670. The molecule has 1 fully saturated rings. The maximum absolute atomic E-state index is 14.2. The van der Waals surface area contributed by atoms with Crippen LogP contribution in [0.2, 0.25) is 0 Å². The summed E-state index contributed by atoms with van der Waals surface area (Å²) in [6.45, 7) is 6.62. The summed E-state index contributed by atoms with van der Waals surface area (Å²) in [5, 5.41) is 20.1. The Labute approximate surface area is 257 Å². The molecule has 0 spiro atoms. The highest BCUT2D eigenvalue weighted by molar-refractivity contribution is 8.00. The molecule has 1 N–H and O–H groups in total. The Morgan fingerprint density at radius 2 is 1.79 bits per heavy atom. The third-order valence-electron chi connectivity index (χ3n) is 6.73. The number of ketones is 1. The molecule has 5 rings (SSSR count). The molecule has 1 amide bonds. The van der Waals surface area contributed by atoms with E-state index in [1.807, 2.05) is 32.9 Å². The molecular weight excluding hydrogens is 590 g/mol. The van der Waals surface area contributed by atoms with Crippen LogP contribution in [-0.4, -0.2) is 40.2 Å². The number of aromatic nitrogens is 2. The zero-order valence-electron chi connectivity index (χ0n) is 23.9. The molecule has 1 unspecified atom stereocenters. The maximum Gasteiger partial charge on any atom is 0.301 e. The van der Waals surface area contributed by atoms with E-state index >= 15 is 0 Å². The van der Waals surface area contributed by atoms with Crippen LogP contribution < -0.4 is 14.4 Å². The lowest BCUT2D eigenvalue weighted by Crippen LogP contribution is -2.29. The van der Waals surface area contributed by atoms with Crippen LogP contribution in [0.1, 0.15) is 48.6 Å². The van der Waals surface area contributed by atoms with E-state index in [9.17, 15) is 19.1 Å². The molecule has 1 aliphatic rings. The normalized spacial score (nSPS) is 16.1. The molecule has 43 heavy (non-hydrogen) atoms. The van der Waals surface area contributed by atoms with Gasteiger partial charge < -0.3 is 14.6 Å². The predicted octanol–water partition coefficient (Wildman–Crippen LogP) is 7.09. The molecule has 1 aromatic heterocycles. The summed E-state index contributed by atoms with van der Waals surface area (Å²) in [4.78, 5) is 28.4. The van der Waals surface area contributed by atoms with Crippen LogP contribution in [0.25, 0.3) is 5.76 Å².